The lowest BCUT2D eigenvalue weighted by Crippen LogP contribution is -2.46. The lowest BCUT2D eigenvalue weighted by molar-refractivity contribution is -0.138. The van der Waals surface area contributed by atoms with Crippen LogP contribution in [-0.4, -0.2) is 19.1 Å². The second-order valence-electron chi connectivity index (χ2n) is 4.28. The van der Waals surface area contributed by atoms with Crippen LogP contribution in [0.5, 0.6) is 0 Å². The molecule has 0 atom stereocenters. The highest BCUT2D eigenvalue weighted by Crippen LogP contribution is 2.34. The van der Waals surface area contributed by atoms with Gasteiger partial charge in [0.05, 0.1) is 5.56 Å². The van der Waals surface area contributed by atoms with Crippen molar-refractivity contribution >= 4 is 11.7 Å². The second-order valence-corrected chi connectivity index (χ2v) is 4.28. The summed E-state index contributed by atoms with van der Waals surface area (Å²) in [6.07, 6.45) is -3.78. The minimum absolute atomic E-state index is 0.0219. The van der Waals surface area contributed by atoms with Crippen molar-refractivity contribution in [1.82, 2.24) is 5.32 Å². The monoisotopic (exact) mass is 273 g/mol. The molecular weight excluding hydrogens is 259 g/mol. The van der Waals surface area contributed by atoms with Gasteiger partial charge in [-0.1, -0.05) is 6.07 Å². The summed E-state index contributed by atoms with van der Waals surface area (Å²) in [4.78, 5) is 12.9. The van der Waals surface area contributed by atoms with Crippen LogP contribution in [0.2, 0.25) is 0 Å². The van der Waals surface area contributed by atoms with Crippen molar-refractivity contribution in [3.63, 3.8) is 0 Å². The third-order valence-corrected chi connectivity index (χ3v) is 3.01. The minimum atomic E-state index is -4.48. The number of nitrogens with one attached hydrogen (secondary N) is 1. The van der Waals surface area contributed by atoms with Crippen LogP contribution < -0.4 is 16.0 Å². The molecule has 0 bridgehead atoms. The van der Waals surface area contributed by atoms with E-state index in [0.29, 0.717) is 19.5 Å². The number of hydrogen-bond donors (Lipinski definition) is 2. The van der Waals surface area contributed by atoms with Gasteiger partial charge in [0.25, 0.3) is 0 Å². The van der Waals surface area contributed by atoms with Crippen LogP contribution in [0.15, 0.2) is 18.2 Å². The van der Waals surface area contributed by atoms with Crippen molar-refractivity contribution in [2.75, 3.05) is 18.0 Å². The molecule has 1 saturated heterocycles. The zero-order valence-corrected chi connectivity index (χ0v) is 10.1. The Morgan fingerprint density at radius 3 is 2.68 bits per heavy atom. The van der Waals surface area contributed by atoms with Gasteiger partial charge < -0.3 is 11.1 Å². The number of nitrogens with zero attached hydrogens (tertiary/aromatic N) is 1. The van der Waals surface area contributed by atoms with Gasteiger partial charge in [-0.25, -0.2) is 4.79 Å². The standard InChI is InChI=1S/C12H14F3N3O/c13-12(14,15)10-6-9(3-2-8(10)7-16)18-5-1-4-17-11(18)19/h2-3,6H,1,4-5,7,16H2,(H,17,19). The average Bonchev–Trinajstić information content (AvgIpc) is 2.37. The smallest absolute Gasteiger partial charge is 0.338 e. The van der Waals surface area contributed by atoms with Gasteiger partial charge in [-0.3, -0.25) is 4.90 Å². The maximum absolute atomic E-state index is 12.9. The highest BCUT2D eigenvalue weighted by molar-refractivity contribution is 5.92. The van der Waals surface area contributed by atoms with Gasteiger partial charge in [-0.2, -0.15) is 13.2 Å². The first-order valence-corrected chi connectivity index (χ1v) is 5.89. The highest BCUT2D eigenvalue weighted by Gasteiger charge is 2.34. The maximum atomic E-state index is 12.9. The molecule has 0 unspecified atom stereocenters. The third kappa shape index (κ3) is 2.81. The molecule has 0 radical (unpaired) electrons. The summed E-state index contributed by atoms with van der Waals surface area (Å²) in [5, 5.41) is 2.60. The Kier molecular flexibility index (Phi) is 3.66. The van der Waals surface area contributed by atoms with E-state index in [9.17, 15) is 18.0 Å². The van der Waals surface area contributed by atoms with E-state index in [1.54, 1.807) is 0 Å². The molecule has 0 aromatic heterocycles. The Morgan fingerprint density at radius 1 is 1.37 bits per heavy atom. The fourth-order valence-electron chi connectivity index (χ4n) is 2.05. The fraction of sp³-hybridized carbons (Fsp3) is 0.417. The molecule has 19 heavy (non-hydrogen) atoms. The van der Waals surface area contributed by atoms with Gasteiger partial charge in [0.2, 0.25) is 0 Å². The Balaban J connectivity index is 2.40. The van der Waals surface area contributed by atoms with E-state index in [4.69, 9.17) is 5.73 Å². The molecule has 7 heteroatoms. The van der Waals surface area contributed by atoms with Crippen LogP contribution in [-0.2, 0) is 12.7 Å². The minimum Gasteiger partial charge on any atom is -0.338 e. The third-order valence-electron chi connectivity index (χ3n) is 3.01. The normalized spacial score (nSPS) is 16.4. The zero-order chi connectivity index (χ0) is 14.0. The van der Waals surface area contributed by atoms with Gasteiger partial charge >= 0.3 is 12.2 Å². The first kappa shape index (κ1) is 13.7. The summed E-state index contributed by atoms with van der Waals surface area (Å²) in [6, 6.07) is 3.41. The van der Waals surface area contributed by atoms with Crippen LogP contribution in [0.25, 0.3) is 0 Å². The van der Waals surface area contributed by atoms with Crippen LogP contribution in [0.4, 0.5) is 23.7 Å². The maximum Gasteiger partial charge on any atom is 0.416 e. The van der Waals surface area contributed by atoms with Crippen molar-refractivity contribution < 1.29 is 18.0 Å². The van der Waals surface area contributed by atoms with Crippen molar-refractivity contribution in [1.29, 1.82) is 0 Å². The number of rotatable bonds is 2. The van der Waals surface area contributed by atoms with Gasteiger partial charge in [-0.15, -0.1) is 0 Å². The number of amides is 2. The summed E-state index contributed by atoms with van der Waals surface area (Å²) in [5.74, 6) is 0. The Bertz CT molecular complexity index is 488. The first-order chi connectivity index (χ1) is 8.93. The molecular formula is C12H14F3N3O. The second kappa shape index (κ2) is 5.08. The summed E-state index contributed by atoms with van der Waals surface area (Å²) in [6.45, 7) is 0.759. The molecule has 1 fully saturated rings. The van der Waals surface area contributed by atoms with Gasteiger partial charge in [0.15, 0.2) is 0 Å². The molecule has 0 spiro atoms. The van der Waals surface area contributed by atoms with Crippen molar-refractivity contribution in [2.45, 2.75) is 19.1 Å². The number of anilines is 1. The lowest BCUT2D eigenvalue weighted by atomic mass is 10.1. The Morgan fingerprint density at radius 2 is 2.11 bits per heavy atom. The molecule has 1 heterocycles. The molecule has 4 nitrogen and oxygen atoms in total. The molecule has 0 saturated carbocycles. The molecule has 1 aliphatic rings. The number of benzene rings is 1. The van der Waals surface area contributed by atoms with Crippen LogP contribution in [0.1, 0.15) is 17.5 Å². The number of nitrogens with two attached hydrogens (primary N) is 1. The number of carbonyl (C=O) groups is 1. The molecule has 2 rings (SSSR count). The van der Waals surface area contributed by atoms with E-state index in [2.05, 4.69) is 5.32 Å². The summed E-state index contributed by atoms with van der Waals surface area (Å²) >= 11 is 0. The number of alkyl halides is 3. The molecule has 3 N–H and O–H groups in total. The fourth-order valence-corrected chi connectivity index (χ4v) is 2.05. The molecule has 1 aromatic carbocycles. The number of urea groups is 1. The van der Waals surface area contributed by atoms with E-state index in [-0.39, 0.29) is 23.8 Å². The Hall–Kier alpha value is -1.76. The van der Waals surface area contributed by atoms with Gasteiger partial charge in [-0.05, 0) is 24.1 Å². The highest BCUT2D eigenvalue weighted by atomic mass is 19.4. The number of hydrogen-bond acceptors (Lipinski definition) is 2. The predicted molar refractivity (Wildman–Crippen MR) is 64.7 cm³/mol. The molecule has 2 amide bonds. The van der Waals surface area contributed by atoms with E-state index < -0.39 is 11.7 Å². The zero-order valence-electron chi connectivity index (χ0n) is 10.1. The van der Waals surface area contributed by atoms with Crippen LogP contribution >= 0.6 is 0 Å². The van der Waals surface area contributed by atoms with E-state index >= 15 is 0 Å². The van der Waals surface area contributed by atoms with E-state index in [0.717, 1.165) is 6.07 Å². The predicted octanol–water partition coefficient (Wildman–Crippen LogP) is 2.08. The van der Waals surface area contributed by atoms with E-state index in [1.807, 2.05) is 0 Å². The number of halogens is 3. The lowest BCUT2D eigenvalue weighted by Gasteiger charge is -2.28. The topological polar surface area (TPSA) is 58.4 Å². The van der Waals surface area contributed by atoms with Crippen molar-refractivity contribution in [3.8, 4) is 0 Å². The van der Waals surface area contributed by atoms with E-state index in [1.165, 1.54) is 17.0 Å². The summed E-state index contributed by atoms with van der Waals surface area (Å²) in [7, 11) is 0. The van der Waals surface area contributed by atoms with Gasteiger partial charge in [0.1, 0.15) is 0 Å². The van der Waals surface area contributed by atoms with Gasteiger partial charge in [0, 0.05) is 25.3 Å². The largest absolute Gasteiger partial charge is 0.416 e. The average molecular weight is 273 g/mol. The van der Waals surface area contributed by atoms with Crippen LogP contribution in [0.3, 0.4) is 0 Å². The van der Waals surface area contributed by atoms with Crippen molar-refractivity contribution in [2.24, 2.45) is 5.73 Å². The summed E-state index contributed by atoms with van der Waals surface area (Å²) < 4.78 is 38.7. The molecule has 1 aromatic rings. The number of carbonyl (C=O) groups excluding carboxylic acids is 1. The molecule has 104 valence electrons. The molecule has 1 aliphatic heterocycles. The first-order valence-electron chi connectivity index (χ1n) is 5.89. The Labute approximate surface area is 108 Å². The quantitative estimate of drug-likeness (QED) is 0.866. The van der Waals surface area contributed by atoms with Crippen molar-refractivity contribution in [3.05, 3.63) is 29.3 Å². The van der Waals surface area contributed by atoms with Crippen LogP contribution in [0, 0.1) is 0 Å². The summed E-state index contributed by atoms with van der Waals surface area (Å²) in [5.41, 5.74) is 4.78. The SMILES string of the molecule is NCc1ccc(N2CCCNC2=O)cc1C(F)(F)F. The molecule has 0 aliphatic carbocycles.